The van der Waals surface area contributed by atoms with Crippen molar-refractivity contribution in [1.82, 2.24) is 9.78 Å². The number of carboxylic acids is 1. The van der Waals surface area contributed by atoms with E-state index in [2.05, 4.69) is 11.2 Å². The number of amides is 1. The lowest BCUT2D eigenvalue weighted by atomic mass is 9.88. The summed E-state index contributed by atoms with van der Waals surface area (Å²) >= 11 is 6.77. The van der Waals surface area contributed by atoms with Gasteiger partial charge in [0.15, 0.2) is 0 Å². The number of rotatable bonds is 7. The summed E-state index contributed by atoms with van der Waals surface area (Å²) in [6.45, 7) is 0.168. The van der Waals surface area contributed by atoms with Crippen LogP contribution in [0.25, 0.3) is 28.1 Å². The number of carbonyl (C=O) groups excluding carboxylic acids is 1. The second-order valence-electron chi connectivity index (χ2n) is 10.0. The van der Waals surface area contributed by atoms with E-state index in [0.717, 1.165) is 65.8 Å². The van der Waals surface area contributed by atoms with Gasteiger partial charge in [0.1, 0.15) is 5.82 Å². The van der Waals surface area contributed by atoms with Gasteiger partial charge in [-0.05, 0) is 77.6 Å². The summed E-state index contributed by atoms with van der Waals surface area (Å²) in [6.07, 6.45) is 8.74. The molecule has 0 spiro atoms. The maximum atomic E-state index is 14.6. The highest BCUT2D eigenvalue weighted by molar-refractivity contribution is 6.31. The van der Waals surface area contributed by atoms with Gasteiger partial charge in [0.05, 0.1) is 18.3 Å². The van der Waals surface area contributed by atoms with E-state index in [4.69, 9.17) is 16.7 Å². The number of halogens is 2. The Morgan fingerprint density at radius 3 is 2.56 bits per heavy atom. The van der Waals surface area contributed by atoms with Crippen LogP contribution in [0.3, 0.4) is 0 Å². The summed E-state index contributed by atoms with van der Waals surface area (Å²) in [5.41, 5.74) is 4.44. The average molecular weight is 546 g/mol. The van der Waals surface area contributed by atoms with E-state index in [1.807, 2.05) is 48.3 Å². The van der Waals surface area contributed by atoms with Crippen LogP contribution >= 0.6 is 11.6 Å². The van der Waals surface area contributed by atoms with Crippen molar-refractivity contribution in [2.24, 2.45) is 13.0 Å². The third-order valence-electron chi connectivity index (χ3n) is 7.32. The van der Waals surface area contributed by atoms with Crippen molar-refractivity contribution >= 4 is 46.1 Å². The zero-order valence-electron chi connectivity index (χ0n) is 21.6. The van der Waals surface area contributed by atoms with Crippen LogP contribution in [0.1, 0.15) is 43.2 Å². The number of carboxylic acid groups (broad SMARTS) is 1. The molecule has 0 aliphatic heterocycles. The number of anilines is 1. The minimum atomic E-state index is -1.13. The van der Waals surface area contributed by atoms with Gasteiger partial charge < -0.3 is 10.0 Å². The molecule has 1 aliphatic rings. The van der Waals surface area contributed by atoms with E-state index < -0.39 is 11.8 Å². The monoisotopic (exact) mass is 545 g/mol. The first-order valence-electron chi connectivity index (χ1n) is 13.0. The molecule has 39 heavy (non-hydrogen) atoms. The Hall–Kier alpha value is -3.97. The molecule has 1 aliphatic carbocycles. The molecule has 1 amide bonds. The fraction of sp³-hybridized carbons (Fsp3) is 0.258. The standard InChI is InChI=1S/C31H29ClFN3O3/c1-35-29-11-10-22(15-25(29)18-34-35)23-8-9-24(28(32)16-23)19-36(31(39)21-5-3-2-4-6-21)27-14-20(7-12-30(37)38)13-26(33)17-27/h7-18,21H,2-6,19H2,1H3,(H,37,38)/b12-7+. The summed E-state index contributed by atoms with van der Waals surface area (Å²) in [6, 6.07) is 16.0. The Morgan fingerprint density at radius 2 is 1.82 bits per heavy atom. The highest BCUT2D eigenvalue weighted by atomic mass is 35.5. The van der Waals surface area contributed by atoms with Crippen LogP contribution in [-0.2, 0) is 23.2 Å². The number of aromatic nitrogens is 2. The fourth-order valence-electron chi connectivity index (χ4n) is 5.25. The zero-order chi connectivity index (χ0) is 27.5. The smallest absolute Gasteiger partial charge is 0.328 e. The largest absolute Gasteiger partial charge is 0.478 e. The Kier molecular flexibility index (Phi) is 7.79. The van der Waals surface area contributed by atoms with E-state index in [9.17, 15) is 14.0 Å². The van der Waals surface area contributed by atoms with Crippen LogP contribution in [0.5, 0.6) is 0 Å². The van der Waals surface area contributed by atoms with E-state index in [1.54, 1.807) is 11.0 Å². The van der Waals surface area contributed by atoms with Crippen LogP contribution in [0, 0.1) is 11.7 Å². The predicted molar refractivity (Wildman–Crippen MR) is 152 cm³/mol. The molecule has 0 saturated heterocycles. The second kappa shape index (κ2) is 11.4. The summed E-state index contributed by atoms with van der Waals surface area (Å²) in [7, 11) is 1.90. The molecule has 0 unspecified atom stereocenters. The van der Waals surface area contributed by atoms with Crippen molar-refractivity contribution in [3.8, 4) is 11.1 Å². The molecule has 1 heterocycles. The Labute approximate surface area is 231 Å². The van der Waals surface area contributed by atoms with Crippen LogP contribution in [-0.4, -0.2) is 26.8 Å². The van der Waals surface area contributed by atoms with Gasteiger partial charge in [0, 0.05) is 35.1 Å². The Balaban J connectivity index is 1.48. The molecule has 8 heteroatoms. The lowest BCUT2D eigenvalue weighted by Gasteiger charge is -2.30. The summed E-state index contributed by atoms with van der Waals surface area (Å²) in [5.74, 6) is -1.91. The Morgan fingerprint density at radius 1 is 1.08 bits per heavy atom. The highest BCUT2D eigenvalue weighted by Crippen LogP contribution is 2.33. The quantitative estimate of drug-likeness (QED) is 0.248. The van der Waals surface area contributed by atoms with Gasteiger partial charge >= 0.3 is 5.97 Å². The zero-order valence-corrected chi connectivity index (χ0v) is 22.4. The molecule has 0 atom stereocenters. The minimum Gasteiger partial charge on any atom is -0.478 e. The fourth-order valence-corrected chi connectivity index (χ4v) is 5.49. The third kappa shape index (κ3) is 6.04. The van der Waals surface area contributed by atoms with Crippen molar-refractivity contribution in [2.45, 2.75) is 38.6 Å². The lowest BCUT2D eigenvalue weighted by molar-refractivity contribution is -0.131. The van der Waals surface area contributed by atoms with Crippen molar-refractivity contribution in [2.75, 3.05) is 4.90 Å². The summed E-state index contributed by atoms with van der Waals surface area (Å²) < 4.78 is 16.5. The molecule has 1 aromatic heterocycles. The molecular formula is C31H29ClFN3O3. The molecule has 0 bridgehead atoms. The first-order chi connectivity index (χ1) is 18.8. The number of aliphatic carboxylic acids is 1. The first kappa shape index (κ1) is 26.6. The van der Waals surface area contributed by atoms with Gasteiger partial charge in [-0.1, -0.05) is 49.1 Å². The van der Waals surface area contributed by atoms with Crippen LogP contribution < -0.4 is 4.90 Å². The van der Waals surface area contributed by atoms with Gasteiger partial charge in [0.25, 0.3) is 0 Å². The number of nitrogens with zero attached hydrogens (tertiary/aromatic N) is 3. The maximum absolute atomic E-state index is 14.6. The van der Waals surface area contributed by atoms with Crippen molar-refractivity contribution < 1.29 is 19.1 Å². The molecule has 0 radical (unpaired) electrons. The molecule has 1 saturated carbocycles. The lowest BCUT2D eigenvalue weighted by Crippen LogP contribution is -2.37. The van der Waals surface area contributed by atoms with Crippen LogP contribution in [0.4, 0.5) is 10.1 Å². The predicted octanol–water partition coefficient (Wildman–Crippen LogP) is 7.24. The topological polar surface area (TPSA) is 75.4 Å². The van der Waals surface area contributed by atoms with E-state index >= 15 is 0 Å². The van der Waals surface area contributed by atoms with Crippen LogP contribution in [0.2, 0.25) is 5.02 Å². The number of fused-ring (bicyclic) bond motifs is 1. The number of hydrogen-bond donors (Lipinski definition) is 1. The van der Waals surface area contributed by atoms with Gasteiger partial charge in [0.2, 0.25) is 5.91 Å². The van der Waals surface area contributed by atoms with Gasteiger partial charge in [-0.3, -0.25) is 9.48 Å². The minimum absolute atomic E-state index is 0.0735. The first-order valence-corrected chi connectivity index (χ1v) is 13.4. The normalized spacial score (nSPS) is 14.2. The van der Waals surface area contributed by atoms with E-state index in [0.29, 0.717) is 16.3 Å². The molecule has 1 N–H and O–H groups in total. The van der Waals surface area contributed by atoms with Crippen molar-refractivity contribution in [1.29, 1.82) is 0 Å². The average Bonchev–Trinajstić information content (AvgIpc) is 3.31. The maximum Gasteiger partial charge on any atom is 0.328 e. The second-order valence-corrected chi connectivity index (χ2v) is 10.4. The summed E-state index contributed by atoms with van der Waals surface area (Å²) in [5, 5.41) is 14.8. The number of carbonyl (C=O) groups is 2. The van der Waals surface area contributed by atoms with E-state index in [-0.39, 0.29) is 18.4 Å². The Bertz CT molecular complexity index is 1570. The molecule has 5 rings (SSSR count). The van der Waals surface area contributed by atoms with Gasteiger partial charge in [-0.25, -0.2) is 9.18 Å². The van der Waals surface area contributed by atoms with Gasteiger partial charge in [-0.15, -0.1) is 0 Å². The van der Waals surface area contributed by atoms with Gasteiger partial charge in [-0.2, -0.15) is 5.10 Å². The van der Waals surface area contributed by atoms with Crippen molar-refractivity contribution in [3.63, 3.8) is 0 Å². The number of aryl methyl sites for hydroxylation is 1. The molecule has 4 aromatic rings. The molecule has 3 aromatic carbocycles. The molecule has 1 fully saturated rings. The van der Waals surface area contributed by atoms with Crippen molar-refractivity contribution in [3.05, 3.63) is 88.8 Å². The number of benzene rings is 3. The molecule has 6 nitrogen and oxygen atoms in total. The SMILES string of the molecule is Cn1ncc2cc(-c3ccc(CN(C(=O)C4CCCCC4)c4cc(F)cc(/C=C/C(=O)O)c4)c(Cl)c3)ccc21. The third-order valence-corrected chi connectivity index (χ3v) is 7.67. The summed E-state index contributed by atoms with van der Waals surface area (Å²) in [4.78, 5) is 26.3. The molecular weight excluding hydrogens is 517 g/mol. The number of hydrogen-bond acceptors (Lipinski definition) is 3. The molecule has 200 valence electrons. The highest BCUT2D eigenvalue weighted by Gasteiger charge is 2.28. The van der Waals surface area contributed by atoms with Crippen LogP contribution in [0.15, 0.2) is 66.9 Å². The van der Waals surface area contributed by atoms with E-state index in [1.165, 1.54) is 18.2 Å².